The second kappa shape index (κ2) is 8.09. The Bertz CT molecular complexity index is 870. The Kier molecular flexibility index (Phi) is 5.41. The summed E-state index contributed by atoms with van der Waals surface area (Å²) in [6.07, 6.45) is 0. The van der Waals surface area contributed by atoms with Crippen molar-refractivity contribution >= 4 is 29.2 Å². The molecule has 1 aliphatic rings. The van der Waals surface area contributed by atoms with Gasteiger partial charge in [-0.05, 0) is 24.3 Å². The zero-order valence-corrected chi connectivity index (χ0v) is 14.5. The molecule has 3 N–H and O–H groups in total. The van der Waals surface area contributed by atoms with E-state index in [0.717, 1.165) is 0 Å². The Balaban J connectivity index is 1.54. The van der Waals surface area contributed by atoms with Gasteiger partial charge in [-0.2, -0.15) is 0 Å². The predicted octanol–water partition coefficient (Wildman–Crippen LogP) is 1.27. The second-order valence-electron chi connectivity index (χ2n) is 5.60. The Morgan fingerprint density at radius 1 is 1.15 bits per heavy atom. The Morgan fingerprint density at radius 2 is 1.96 bits per heavy atom. The molecule has 27 heavy (non-hydrogen) atoms. The van der Waals surface area contributed by atoms with Gasteiger partial charge in [0.1, 0.15) is 18.0 Å². The second-order valence-corrected chi connectivity index (χ2v) is 5.60. The quantitative estimate of drug-likeness (QED) is 0.703. The molecule has 9 heteroatoms. The number of para-hydroxylation sites is 2. The SMILES string of the molecule is COc1cccc(NC(=O)NNC(=O)CN2C(=O)COc3ccccc32)c1. The lowest BCUT2D eigenvalue weighted by atomic mass is 10.2. The highest BCUT2D eigenvalue weighted by Gasteiger charge is 2.26. The Hall–Kier alpha value is -3.75. The smallest absolute Gasteiger partial charge is 0.337 e. The van der Waals surface area contributed by atoms with E-state index in [1.807, 2.05) is 0 Å². The molecule has 0 aromatic heterocycles. The maximum absolute atomic E-state index is 12.1. The summed E-state index contributed by atoms with van der Waals surface area (Å²) in [5.41, 5.74) is 5.50. The third kappa shape index (κ3) is 4.46. The van der Waals surface area contributed by atoms with Crippen LogP contribution in [0.2, 0.25) is 0 Å². The molecule has 0 radical (unpaired) electrons. The van der Waals surface area contributed by atoms with Gasteiger partial charge in [-0.3, -0.25) is 19.9 Å². The highest BCUT2D eigenvalue weighted by molar-refractivity contribution is 6.02. The Labute approximate surface area is 155 Å². The number of rotatable bonds is 4. The van der Waals surface area contributed by atoms with Gasteiger partial charge >= 0.3 is 6.03 Å². The monoisotopic (exact) mass is 370 g/mol. The van der Waals surface area contributed by atoms with Crippen molar-refractivity contribution in [1.29, 1.82) is 0 Å². The van der Waals surface area contributed by atoms with E-state index < -0.39 is 11.9 Å². The minimum Gasteiger partial charge on any atom is -0.497 e. The molecule has 3 rings (SSSR count). The first-order chi connectivity index (χ1) is 13.1. The molecule has 0 bridgehead atoms. The third-order valence-corrected chi connectivity index (χ3v) is 3.75. The van der Waals surface area contributed by atoms with Gasteiger partial charge < -0.3 is 14.8 Å². The first-order valence-electron chi connectivity index (χ1n) is 8.09. The van der Waals surface area contributed by atoms with Gasteiger partial charge in [-0.15, -0.1) is 0 Å². The van der Waals surface area contributed by atoms with E-state index >= 15 is 0 Å². The topological polar surface area (TPSA) is 109 Å². The van der Waals surface area contributed by atoms with E-state index in [1.54, 1.807) is 48.5 Å². The predicted molar refractivity (Wildman–Crippen MR) is 97.6 cm³/mol. The summed E-state index contributed by atoms with van der Waals surface area (Å²) in [4.78, 5) is 37.4. The molecule has 0 fully saturated rings. The minimum absolute atomic E-state index is 0.145. The van der Waals surface area contributed by atoms with Crippen LogP contribution >= 0.6 is 0 Å². The number of urea groups is 1. The zero-order valence-electron chi connectivity index (χ0n) is 14.5. The summed E-state index contributed by atoms with van der Waals surface area (Å²) in [7, 11) is 1.52. The van der Waals surface area contributed by atoms with Gasteiger partial charge in [0.2, 0.25) is 0 Å². The highest BCUT2D eigenvalue weighted by atomic mass is 16.5. The van der Waals surface area contributed by atoms with Crippen LogP contribution < -0.4 is 30.5 Å². The van der Waals surface area contributed by atoms with Crippen LogP contribution in [0.4, 0.5) is 16.2 Å². The molecule has 0 unspecified atom stereocenters. The van der Waals surface area contributed by atoms with E-state index in [9.17, 15) is 14.4 Å². The van der Waals surface area contributed by atoms with Crippen molar-refractivity contribution in [2.75, 3.05) is 30.5 Å². The molecule has 4 amide bonds. The van der Waals surface area contributed by atoms with Crippen molar-refractivity contribution in [3.05, 3.63) is 48.5 Å². The number of hydrazine groups is 1. The van der Waals surface area contributed by atoms with Crippen LogP contribution in [-0.2, 0) is 9.59 Å². The van der Waals surface area contributed by atoms with Crippen LogP contribution in [0.1, 0.15) is 0 Å². The first-order valence-corrected chi connectivity index (χ1v) is 8.09. The van der Waals surface area contributed by atoms with Crippen LogP contribution in [0.25, 0.3) is 0 Å². The number of anilines is 2. The molecule has 0 spiro atoms. The van der Waals surface area contributed by atoms with Crippen molar-refractivity contribution < 1.29 is 23.9 Å². The van der Waals surface area contributed by atoms with Crippen molar-refractivity contribution in [2.45, 2.75) is 0 Å². The number of methoxy groups -OCH3 is 1. The summed E-state index contributed by atoms with van der Waals surface area (Å²) >= 11 is 0. The number of ether oxygens (including phenoxy) is 2. The summed E-state index contributed by atoms with van der Waals surface area (Å²) < 4.78 is 10.4. The molecule has 1 aliphatic heterocycles. The van der Waals surface area contributed by atoms with Gasteiger partial charge in [0.15, 0.2) is 6.61 Å². The summed E-state index contributed by atoms with van der Waals surface area (Å²) in [5.74, 6) is 0.209. The van der Waals surface area contributed by atoms with Gasteiger partial charge in [0.25, 0.3) is 11.8 Å². The molecular weight excluding hydrogens is 352 g/mol. The standard InChI is InChI=1S/C18H18N4O5/c1-26-13-6-4-5-12(9-13)19-18(25)21-20-16(23)10-22-14-7-2-3-8-15(14)27-11-17(22)24/h2-9H,10-11H2,1H3,(H,20,23)(H2,19,21,25). The van der Waals surface area contributed by atoms with Gasteiger partial charge in [-0.25, -0.2) is 10.2 Å². The maximum atomic E-state index is 12.1. The van der Waals surface area contributed by atoms with Crippen LogP contribution in [0.15, 0.2) is 48.5 Å². The lowest BCUT2D eigenvalue weighted by molar-refractivity contribution is -0.125. The lowest BCUT2D eigenvalue weighted by Crippen LogP contribution is -2.50. The summed E-state index contributed by atoms with van der Waals surface area (Å²) in [6, 6.07) is 13.0. The molecule has 0 atom stereocenters. The fourth-order valence-electron chi connectivity index (χ4n) is 2.50. The summed E-state index contributed by atoms with van der Waals surface area (Å²) in [6.45, 7) is -0.396. The fourth-order valence-corrected chi connectivity index (χ4v) is 2.50. The lowest BCUT2D eigenvalue weighted by Gasteiger charge is -2.28. The van der Waals surface area contributed by atoms with E-state index in [4.69, 9.17) is 9.47 Å². The van der Waals surface area contributed by atoms with Gasteiger partial charge in [0, 0.05) is 11.8 Å². The number of nitrogens with one attached hydrogen (secondary N) is 3. The number of carbonyl (C=O) groups is 3. The normalized spacial score (nSPS) is 12.5. The average Bonchev–Trinajstić information content (AvgIpc) is 2.69. The van der Waals surface area contributed by atoms with Crippen molar-refractivity contribution in [1.82, 2.24) is 10.9 Å². The number of hydrogen-bond acceptors (Lipinski definition) is 5. The van der Waals surface area contributed by atoms with Gasteiger partial charge in [0.05, 0.1) is 12.8 Å². The zero-order chi connectivity index (χ0) is 19.2. The fraction of sp³-hybridized carbons (Fsp3) is 0.167. The molecule has 9 nitrogen and oxygen atoms in total. The molecule has 2 aromatic carbocycles. The average molecular weight is 370 g/mol. The van der Waals surface area contributed by atoms with Gasteiger partial charge in [-0.1, -0.05) is 18.2 Å². The molecule has 0 saturated heterocycles. The van der Waals surface area contributed by atoms with Crippen molar-refractivity contribution in [3.8, 4) is 11.5 Å². The van der Waals surface area contributed by atoms with E-state index in [2.05, 4.69) is 16.2 Å². The van der Waals surface area contributed by atoms with Crippen LogP contribution in [-0.4, -0.2) is 38.1 Å². The molecule has 0 aliphatic carbocycles. The molecule has 1 heterocycles. The summed E-state index contributed by atoms with van der Waals surface area (Å²) in [5, 5.41) is 2.55. The minimum atomic E-state index is -0.634. The molecular formula is C18H18N4O5. The molecule has 140 valence electrons. The van der Waals surface area contributed by atoms with Crippen LogP contribution in [0.3, 0.4) is 0 Å². The number of nitrogens with zero attached hydrogens (tertiary/aromatic N) is 1. The third-order valence-electron chi connectivity index (χ3n) is 3.75. The van der Waals surface area contributed by atoms with E-state index in [-0.39, 0.29) is 19.1 Å². The number of carbonyl (C=O) groups excluding carboxylic acids is 3. The van der Waals surface area contributed by atoms with Crippen LogP contribution in [0, 0.1) is 0 Å². The number of benzene rings is 2. The van der Waals surface area contributed by atoms with Crippen molar-refractivity contribution in [3.63, 3.8) is 0 Å². The van der Waals surface area contributed by atoms with Crippen molar-refractivity contribution in [2.24, 2.45) is 0 Å². The number of fused-ring (bicyclic) bond motifs is 1. The molecule has 2 aromatic rings. The first kappa shape index (κ1) is 18.1. The number of hydrogen-bond donors (Lipinski definition) is 3. The van der Waals surface area contributed by atoms with E-state index in [0.29, 0.717) is 22.9 Å². The largest absolute Gasteiger partial charge is 0.497 e. The van der Waals surface area contributed by atoms with E-state index in [1.165, 1.54) is 12.0 Å². The maximum Gasteiger partial charge on any atom is 0.337 e. The molecule has 0 saturated carbocycles. The van der Waals surface area contributed by atoms with Crippen LogP contribution in [0.5, 0.6) is 11.5 Å². The number of amides is 4. The highest BCUT2D eigenvalue weighted by Crippen LogP contribution is 2.31. The Morgan fingerprint density at radius 3 is 2.78 bits per heavy atom.